The van der Waals surface area contributed by atoms with Crippen LogP contribution in [0.3, 0.4) is 0 Å². The van der Waals surface area contributed by atoms with Gasteiger partial charge in [0, 0.05) is 16.6 Å². The summed E-state index contributed by atoms with van der Waals surface area (Å²) in [6.07, 6.45) is 0. The number of halogens is 2. The number of rotatable bonds is 6. The molecule has 0 fully saturated rings. The lowest BCUT2D eigenvalue weighted by molar-refractivity contribution is -0.150. The lowest BCUT2D eigenvalue weighted by Gasteiger charge is -2.31. The number of nitriles is 1. The highest BCUT2D eigenvalue weighted by molar-refractivity contribution is 8.03. The Hall–Kier alpha value is -3.35. The Bertz CT molecular complexity index is 1150. The van der Waals surface area contributed by atoms with Gasteiger partial charge in [-0.1, -0.05) is 47.6 Å². The van der Waals surface area contributed by atoms with Gasteiger partial charge in [-0.05, 0) is 29.8 Å². The minimum Gasteiger partial charge on any atom is -0.468 e. The van der Waals surface area contributed by atoms with Crippen LogP contribution in [0.25, 0.3) is 0 Å². The summed E-state index contributed by atoms with van der Waals surface area (Å²) in [5.41, 5.74) is 0.771. The van der Waals surface area contributed by atoms with E-state index >= 15 is 0 Å². The lowest BCUT2D eigenvalue weighted by Crippen LogP contribution is -2.44. The number of methoxy groups -OCH3 is 1. The normalized spacial score (nSPS) is 17.9. The minimum absolute atomic E-state index is 0.0802. The number of carbonyl (C=O) groups excluding carboxylic acids is 3. The number of benzene rings is 2. The van der Waals surface area contributed by atoms with Gasteiger partial charge in [0.15, 0.2) is 0 Å². The largest absolute Gasteiger partial charge is 0.468 e. The number of allylic oxidation sites excluding steroid dienone is 1. The maximum atomic E-state index is 13.3. The van der Waals surface area contributed by atoms with Crippen molar-refractivity contribution in [2.24, 2.45) is 5.92 Å². The number of hydrogen-bond acceptors (Lipinski definition) is 6. The highest BCUT2D eigenvalue weighted by atomic mass is 35.5. The second-order valence-electron chi connectivity index (χ2n) is 6.69. The number of amides is 2. The maximum absolute atomic E-state index is 13.3. The van der Waals surface area contributed by atoms with Crippen LogP contribution in [0.2, 0.25) is 5.02 Å². The van der Waals surface area contributed by atoms with Gasteiger partial charge in [0.1, 0.15) is 11.7 Å². The van der Waals surface area contributed by atoms with Crippen molar-refractivity contribution in [3.8, 4) is 6.07 Å². The van der Waals surface area contributed by atoms with Crippen LogP contribution in [-0.2, 0) is 19.1 Å². The fourth-order valence-corrected chi connectivity index (χ4v) is 4.39. The van der Waals surface area contributed by atoms with Gasteiger partial charge in [-0.2, -0.15) is 5.26 Å². The van der Waals surface area contributed by atoms with Gasteiger partial charge in [0.2, 0.25) is 11.8 Å². The number of hydrogen-bond donors (Lipinski definition) is 2. The van der Waals surface area contributed by atoms with Crippen LogP contribution >= 0.6 is 23.4 Å². The van der Waals surface area contributed by atoms with E-state index in [-0.39, 0.29) is 27.1 Å². The molecule has 0 saturated heterocycles. The van der Waals surface area contributed by atoms with E-state index in [1.54, 1.807) is 24.3 Å². The Balaban J connectivity index is 1.91. The first-order chi connectivity index (χ1) is 15.3. The summed E-state index contributed by atoms with van der Waals surface area (Å²) in [6.45, 7) is 0. The Morgan fingerprint density at radius 2 is 2.03 bits per heavy atom. The van der Waals surface area contributed by atoms with Crippen molar-refractivity contribution >= 4 is 46.8 Å². The molecule has 164 valence electrons. The molecule has 2 atom stereocenters. The average molecular weight is 474 g/mol. The molecule has 0 aromatic heterocycles. The zero-order valence-electron chi connectivity index (χ0n) is 16.7. The predicted octanol–water partition coefficient (Wildman–Crippen LogP) is 3.59. The highest BCUT2D eigenvalue weighted by Gasteiger charge is 2.45. The van der Waals surface area contributed by atoms with E-state index in [4.69, 9.17) is 16.3 Å². The van der Waals surface area contributed by atoms with Gasteiger partial charge in [-0.3, -0.25) is 14.4 Å². The van der Waals surface area contributed by atoms with E-state index in [1.807, 2.05) is 6.07 Å². The average Bonchev–Trinajstić information content (AvgIpc) is 2.77. The molecule has 0 saturated carbocycles. The van der Waals surface area contributed by atoms with Crippen LogP contribution in [-0.4, -0.2) is 30.6 Å². The molecule has 2 N–H and O–H groups in total. The van der Waals surface area contributed by atoms with Crippen LogP contribution in [0.1, 0.15) is 11.5 Å². The van der Waals surface area contributed by atoms with E-state index in [0.717, 1.165) is 18.9 Å². The second-order valence-corrected chi connectivity index (χ2v) is 8.08. The van der Waals surface area contributed by atoms with Gasteiger partial charge in [-0.15, -0.1) is 0 Å². The molecule has 0 aliphatic carbocycles. The number of esters is 1. The van der Waals surface area contributed by atoms with Crippen molar-refractivity contribution < 1.29 is 23.5 Å². The monoisotopic (exact) mass is 473 g/mol. The van der Waals surface area contributed by atoms with E-state index in [1.165, 1.54) is 24.3 Å². The molecule has 10 heteroatoms. The molecule has 1 aliphatic rings. The topological polar surface area (TPSA) is 108 Å². The summed E-state index contributed by atoms with van der Waals surface area (Å²) in [7, 11) is 1.15. The van der Waals surface area contributed by atoms with Crippen molar-refractivity contribution in [2.45, 2.75) is 5.92 Å². The molecule has 2 aromatic carbocycles. The molecule has 2 aromatic rings. The first-order valence-corrected chi connectivity index (χ1v) is 10.7. The van der Waals surface area contributed by atoms with E-state index in [0.29, 0.717) is 5.56 Å². The van der Waals surface area contributed by atoms with Crippen molar-refractivity contribution in [1.29, 1.82) is 5.26 Å². The smallest absolute Gasteiger partial charge is 0.319 e. The first-order valence-electron chi connectivity index (χ1n) is 9.31. The van der Waals surface area contributed by atoms with Crippen molar-refractivity contribution in [1.82, 2.24) is 5.32 Å². The van der Waals surface area contributed by atoms with Crippen molar-refractivity contribution in [2.75, 3.05) is 18.2 Å². The molecular formula is C22H17ClFN3O4S. The zero-order chi connectivity index (χ0) is 23.3. The molecule has 1 heterocycles. The Morgan fingerprint density at radius 3 is 2.69 bits per heavy atom. The first kappa shape index (κ1) is 23.3. The van der Waals surface area contributed by atoms with Crippen LogP contribution < -0.4 is 10.6 Å². The van der Waals surface area contributed by atoms with Gasteiger partial charge in [-0.25, -0.2) is 4.39 Å². The van der Waals surface area contributed by atoms with E-state index in [9.17, 15) is 24.0 Å². The molecule has 0 spiro atoms. The van der Waals surface area contributed by atoms with Gasteiger partial charge in [0.25, 0.3) is 0 Å². The lowest BCUT2D eigenvalue weighted by atomic mass is 9.78. The van der Waals surface area contributed by atoms with Crippen molar-refractivity contribution in [3.05, 3.63) is 75.5 Å². The molecule has 0 radical (unpaired) electrons. The number of ether oxygens (including phenoxy) is 1. The number of carbonyl (C=O) groups is 3. The SMILES string of the molecule is COC(=O)[C@H]1C(=O)NC(SCC(=O)Nc2cccc(F)c2)=C(C#N)[C@@H]1c1ccccc1Cl. The molecule has 1 aliphatic heterocycles. The summed E-state index contributed by atoms with van der Waals surface area (Å²) in [5.74, 6) is -4.93. The van der Waals surface area contributed by atoms with Gasteiger partial charge >= 0.3 is 5.97 Å². The molecule has 2 amide bonds. The number of nitrogens with zero attached hydrogens (tertiary/aromatic N) is 1. The summed E-state index contributed by atoms with van der Waals surface area (Å²) >= 11 is 7.22. The van der Waals surface area contributed by atoms with Crippen LogP contribution in [0, 0.1) is 23.1 Å². The molecule has 3 rings (SSSR count). The minimum atomic E-state index is -1.32. The van der Waals surface area contributed by atoms with Crippen LogP contribution in [0.4, 0.5) is 10.1 Å². The zero-order valence-corrected chi connectivity index (χ0v) is 18.3. The highest BCUT2D eigenvalue weighted by Crippen LogP contribution is 2.42. The third-order valence-corrected chi connectivity index (χ3v) is 6.04. The maximum Gasteiger partial charge on any atom is 0.319 e. The molecular weight excluding hydrogens is 457 g/mol. The Morgan fingerprint density at radius 1 is 1.28 bits per heavy atom. The standard InChI is InChI=1S/C22H17ClFN3O4S/c1-31-22(30)19-18(14-7-2-3-8-16(14)23)15(10-25)21(27-20(19)29)32-11-17(28)26-13-6-4-5-12(24)9-13/h2-9,18-19H,11H2,1H3,(H,26,28)(H,27,29)/t18-,19+/m0/s1. The molecule has 32 heavy (non-hydrogen) atoms. The van der Waals surface area contributed by atoms with Crippen LogP contribution in [0.15, 0.2) is 59.1 Å². The Labute approximate surface area is 192 Å². The molecule has 7 nitrogen and oxygen atoms in total. The third kappa shape index (κ3) is 5.10. The quantitative estimate of drug-likeness (QED) is 0.490. The fourth-order valence-electron chi connectivity index (χ4n) is 3.28. The van der Waals surface area contributed by atoms with Crippen LogP contribution in [0.5, 0.6) is 0 Å². The Kier molecular flexibility index (Phi) is 7.51. The van der Waals surface area contributed by atoms with E-state index < -0.39 is 35.4 Å². The summed E-state index contributed by atoms with van der Waals surface area (Å²) in [4.78, 5) is 37.5. The van der Waals surface area contributed by atoms with Gasteiger partial charge in [0.05, 0.1) is 29.5 Å². The number of nitrogens with one attached hydrogen (secondary N) is 2. The summed E-state index contributed by atoms with van der Waals surface area (Å²) in [5, 5.41) is 15.3. The third-order valence-electron chi connectivity index (χ3n) is 4.68. The fraction of sp³-hybridized carbons (Fsp3) is 0.182. The summed E-state index contributed by atoms with van der Waals surface area (Å²) < 4.78 is 18.1. The summed E-state index contributed by atoms with van der Waals surface area (Å²) in [6, 6.07) is 14.0. The second kappa shape index (κ2) is 10.3. The van der Waals surface area contributed by atoms with Gasteiger partial charge < -0.3 is 15.4 Å². The number of anilines is 1. The van der Waals surface area contributed by atoms with Crippen molar-refractivity contribution in [3.63, 3.8) is 0 Å². The van der Waals surface area contributed by atoms with E-state index in [2.05, 4.69) is 10.6 Å². The predicted molar refractivity (Wildman–Crippen MR) is 118 cm³/mol. The molecule has 0 bridgehead atoms. The number of thioether (sulfide) groups is 1. The molecule has 0 unspecified atom stereocenters.